The fraction of sp³-hybridized carbons (Fsp3) is 0. The molecule has 0 spiro atoms. The first-order valence-corrected chi connectivity index (χ1v) is 18.4. The Hall–Kier alpha value is -7.50. The van der Waals surface area contributed by atoms with Gasteiger partial charge in [0, 0.05) is 45.4 Å². The molecule has 3 heterocycles. The van der Waals surface area contributed by atoms with Crippen molar-refractivity contribution in [2.24, 2.45) is 0 Å². The third-order valence-electron chi connectivity index (χ3n) is 10.2. The Labute approximate surface area is 318 Å². The number of fused-ring (bicyclic) bond motifs is 3. The summed E-state index contributed by atoms with van der Waals surface area (Å²) in [4.78, 5) is 19.9. The van der Waals surface area contributed by atoms with E-state index in [0.29, 0.717) is 17.5 Å². The minimum Gasteiger partial charge on any atom is -0.308 e. The molecule has 0 aliphatic rings. The van der Waals surface area contributed by atoms with E-state index >= 15 is 0 Å². The number of hydrogen-bond donors (Lipinski definition) is 0. The van der Waals surface area contributed by atoms with E-state index in [2.05, 4.69) is 131 Å². The molecule has 0 N–H and O–H groups in total. The van der Waals surface area contributed by atoms with Crippen molar-refractivity contribution in [1.82, 2.24) is 24.5 Å². The second-order valence-electron chi connectivity index (χ2n) is 13.5. The number of rotatable bonds is 7. The lowest BCUT2D eigenvalue weighted by atomic mass is 10.0. The summed E-state index contributed by atoms with van der Waals surface area (Å²) in [5, 5.41) is 2.34. The molecular weight excluding hydrogens is 671 g/mol. The van der Waals surface area contributed by atoms with Gasteiger partial charge in [-0.3, -0.25) is 4.98 Å². The van der Waals surface area contributed by atoms with Crippen LogP contribution in [0.15, 0.2) is 200 Å². The minimum absolute atomic E-state index is 0.588. The Balaban J connectivity index is 1.27. The van der Waals surface area contributed by atoms with Gasteiger partial charge in [0.15, 0.2) is 17.5 Å². The number of aromatic nitrogens is 5. The molecule has 0 aliphatic heterocycles. The van der Waals surface area contributed by atoms with Gasteiger partial charge in [-0.25, -0.2) is 15.0 Å². The first-order chi connectivity index (χ1) is 27.3. The van der Waals surface area contributed by atoms with Crippen molar-refractivity contribution >= 4 is 21.8 Å². The molecule has 10 aromatic rings. The minimum atomic E-state index is 0.588. The van der Waals surface area contributed by atoms with Crippen molar-refractivity contribution in [3.63, 3.8) is 0 Å². The maximum Gasteiger partial charge on any atom is 0.166 e. The molecule has 0 aliphatic carbocycles. The molecule has 3 aromatic heterocycles. The maximum absolute atomic E-state index is 5.22. The number of benzene rings is 7. The molecule has 7 aromatic carbocycles. The number of pyridine rings is 1. The molecule has 0 bridgehead atoms. The highest BCUT2D eigenvalue weighted by atomic mass is 15.1. The van der Waals surface area contributed by atoms with E-state index in [4.69, 9.17) is 15.0 Å². The van der Waals surface area contributed by atoms with Gasteiger partial charge in [-0.2, -0.15) is 0 Å². The molecule has 5 nitrogen and oxygen atoms in total. The first kappa shape index (κ1) is 32.2. The molecule has 0 fully saturated rings. The zero-order valence-electron chi connectivity index (χ0n) is 29.8. The van der Waals surface area contributed by atoms with Gasteiger partial charge in [0.2, 0.25) is 0 Å². The normalized spacial score (nSPS) is 11.3. The van der Waals surface area contributed by atoms with Gasteiger partial charge in [-0.1, -0.05) is 146 Å². The summed E-state index contributed by atoms with van der Waals surface area (Å²) in [7, 11) is 0. The summed E-state index contributed by atoms with van der Waals surface area (Å²) < 4.78 is 2.37. The smallest absolute Gasteiger partial charge is 0.166 e. The largest absolute Gasteiger partial charge is 0.308 e. The number of nitrogens with zero attached hydrogens (tertiary/aromatic N) is 5. The lowest BCUT2D eigenvalue weighted by molar-refractivity contribution is 1.06. The van der Waals surface area contributed by atoms with Gasteiger partial charge < -0.3 is 4.57 Å². The lowest BCUT2D eigenvalue weighted by Crippen LogP contribution is -2.04. The van der Waals surface area contributed by atoms with Crippen LogP contribution in [0, 0.1) is 0 Å². The molecular formula is C50H33N5. The van der Waals surface area contributed by atoms with E-state index in [1.165, 1.54) is 33.0 Å². The molecule has 0 saturated carbocycles. The molecule has 0 unspecified atom stereocenters. The van der Waals surface area contributed by atoms with Crippen LogP contribution in [0.2, 0.25) is 0 Å². The van der Waals surface area contributed by atoms with Crippen LogP contribution < -0.4 is 0 Å². The average Bonchev–Trinajstić information content (AvgIpc) is 3.60. The van der Waals surface area contributed by atoms with Crippen molar-refractivity contribution in [3.05, 3.63) is 200 Å². The Kier molecular flexibility index (Phi) is 8.08. The maximum atomic E-state index is 5.22. The average molecular weight is 704 g/mol. The van der Waals surface area contributed by atoms with Crippen LogP contribution in [0.5, 0.6) is 0 Å². The van der Waals surface area contributed by atoms with Crippen molar-refractivity contribution in [3.8, 4) is 73.2 Å². The molecule has 0 amide bonds. The molecule has 0 atom stereocenters. The molecule has 10 rings (SSSR count). The molecule has 0 saturated heterocycles. The highest BCUT2D eigenvalue weighted by Crippen LogP contribution is 2.40. The third-order valence-corrected chi connectivity index (χ3v) is 10.2. The van der Waals surface area contributed by atoms with Gasteiger partial charge in [-0.15, -0.1) is 0 Å². The lowest BCUT2D eigenvalue weighted by Gasteiger charge is -2.16. The second-order valence-corrected chi connectivity index (χ2v) is 13.5. The van der Waals surface area contributed by atoms with E-state index in [0.717, 1.165) is 44.5 Å². The van der Waals surface area contributed by atoms with Gasteiger partial charge in [0.05, 0.1) is 16.7 Å². The van der Waals surface area contributed by atoms with Crippen molar-refractivity contribution in [2.45, 2.75) is 0 Å². The van der Waals surface area contributed by atoms with Crippen LogP contribution in [0.25, 0.3) is 95.0 Å². The van der Waals surface area contributed by atoms with Crippen molar-refractivity contribution in [1.29, 1.82) is 0 Å². The third kappa shape index (κ3) is 6.04. The molecule has 0 radical (unpaired) electrons. The Morgan fingerprint density at radius 1 is 0.327 bits per heavy atom. The van der Waals surface area contributed by atoms with E-state index in [9.17, 15) is 0 Å². The predicted molar refractivity (Wildman–Crippen MR) is 225 cm³/mol. The monoisotopic (exact) mass is 703 g/mol. The van der Waals surface area contributed by atoms with Crippen molar-refractivity contribution < 1.29 is 0 Å². The van der Waals surface area contributed by atoms with Crippen LogP contribution in [0.1, 0.15) is 0 Å². The summed E-state index contributed by atoms with van der Waals surface area (Å²) in [5.41, 5.74) is 12.6. The van der Waals surface area contributed by atoms with Gasteiger partial charge in [0.1, 0.15) is 0 Å². The predicted octanol–water partition coefficient (Wildman–Crippen LogP) is 12.4. The standard InChI is InChI=1S/C50H33N5/c1-5-14-34(15-6-1)38-23-26-45-42(30-38)43-31-39(35-16-7-2-8-17-35)24-27-46(43)55(45)47-28-25-40(41-22-13-29-51-33-41)32-44(47)50-53-48(36-18-9-3-10-19-36)52-49(54-50)37-20-11-4-12-21-37/h1-33H. The summed E-state index contributed by atoms with van der Waals surface area (Å²) in [6, 6.07) is 65.6. The van der Waals surface area contributed by atoms with Gasteiger partial charge in [-0.05, 0) is 70.3 Å². The topological polar surface area (TPSA) is 56.5 Å². The van der Waals surface area contributed by atoms with Gasteiger partial charge in [0.25, 0.3) is 0 Å². The van der Waals surface area contributed by atoms with E-state index in [1.807, 2.05) is 72.9 Å². The summed E-state index contributed by atoms with van der Waals surface area (Å²) in [6.07, 6.45) is 3.70. The van der Waals surface area contributed by atoms with Crippen LogP contribution in [0.4, 0.5) is 0 Å². The van der Waals surface area contributed by atoms with Crippen LogP contribution in [-0.2, 0) is 0 Å². The second kappa shape index (κ2) is 13.8. The zero-order chi connectivity index (χ0) is 36.6. The zero-order valence-corrected chi connectivity index (χ0v) is 29.8. The van der Waals surface area contributed by atoms with Crippen LogP contribution in [0.3, 0.4) is 0 Å². The Bertz CT molecular complexity index is 2790. The first-order valence-electron chi connectivity index (χ1n) is 18.4. The van der Waals surface area contributed by atoms with Gasteiger partial charge >= 0.3 is 0 Å². The summed E-state index contributed by atoms with van der Waals surface area (Å²) >= 11 is 0. The number of hydrogen-bond acceptors (Lipinski definition) is 4. The Morgan fingerprint density at radius 2 is 0.764 bits per heavy atom. The molecule has 5 heteroatoms. The fourth-order valence-electron chi connectivity index (χ4n) is 7.46. The highest BCUT2D eigenvalue weighted by Gasteiger charge is 2.21. The fourth-order valence-corrected chi connectivity index (χ4v) is 7.46. The van der Waals surface area contributed by atoms with E-state index in [1.54, 1.807) is 6.20 Å². The quantitative estimate of drug-likeness (QED) is 0.166. The summed E-state index contributed by atoms with van der Waals surface area (Å²) in [5.74, 6) is 1.82. The van der Waals surface area contributed by atoms with Crippen LogP contribution in [-0.4, -0.2) is 24.5 Å². The van der Waals surface area contributed by atoms with E-state index in [-0.39, 0.29) is 0 Å². The Morgan fingerprint density at radius 3 is 1.25 bits per heavy atom. The summed E-state index contributed by atoms with van der Waals surface area (Å²) in [6.45, 7) is 0. The van der Waals surface area contributed by atoms with E-state index < -0.39 is 0 Å². The molecule has 55 heavy (non-hydrogen) atoms. The molecule has 258 valence electrons. The SMILES string of the molecule is c1ccc(-c2ccc3c(c2)c2cc(-c4ccccc4)ccc2n3-c2ccc(-c3cccnc3)cc2-c2nc(-c3ccccc3)nc(-c3ccccc3)n2)cc1. The highest BCUT2D eigenvalue weighted by molar-refractivity contribution is 6.12. The van der Waals surface area contributed by atoms with Crippen molar-refractivity contribution in [2.75, 3.05) is 0 Å². The van der Waals surface area contributed by atoms with Crippen LogP contribution >= 0.6 is 0 Å².